The lowest BCUT2D eigenvalue weighted by Gasteiger charge is -2.35. The molecule has 2 aromatic rings. The van der Waals surface area contributed by atoms with Crippen LogP contribution in [0.15, 0.2) is 48.5 Å². The Morgan fingerprint density at radius 1 is 1.07 bits per heavy atom. The number of hydrogen-bond donors (Lipinski definition) is 1. The monoisotopic (exact) mass is 382 g/mol. The summed E-state index contributed by atoms with van der Waals surface area (Å²) >= 11 is 0. The first kappa shape index (κ1) is 20.1. The number of likely N-dealkylation sites (tertiary alicyclic amines) is 1. The van der Waals surface area contributed by atoms with Gasteiger partial charge in [-0.1, -0.05) is 25.1 Å². The lowest BCUT2D eigenvalue weighted by molar-refractivity contribution is 0.0607. The molecule has 3 rings (SSSR count). The standard InChI is InChI=1S/C23H27FN2O2/c1-2-20-8-5-6-16-26(20)23(28)19-12-10-18(11-13-19)22(27)25-15-14-17-7-3-4-9-21(17)24/h3-4,7,9-13,20H,2,5-6,8,14-16H2,1H3,(H,25,27). The number of carbonyl (C=O) groups excluding carboxylic acids is 2. The second-order valence-electron chi connectivity index (χ2n) is 7.23. The van der Waals surface area contributed by atoms with Crippen molar-refractivity contribution < 1.29 is 14.0 Å². The van der Waals surface area contributed by atoms with E-state index in [-0.39, 0.29) is 17.6 Å². The van der Waals surface area contributed by atoms with Crippen molar-refractivity contribution in [1.29, 1.82) is 0 Å². The first-order valence-corrected chi connectivity index (χ1v) is 10.0. The molecule has 0 radical (unpaired) electrons. The van der Waals surface area contributed by atoms with Crippen LogP contribution in [-0.2, 0) is 6.42 Å². The fraction of sp³-hybridized carbons (Fsp3) is 0.391. The Balaban J connectivity index is 1.56. The van der Waals surface area contributed by atoms with Crippen LogP contribution in [0.3, 0.4) is 0 Å². The Morgan fingerprint density at radius 2 is 1.79 bits per heavy atom. The van der Waals surface area contributed by atoms with E-state index in [4.69, 9.17) is 0 Å². The second kappa shape index (κ2) is 9.49. The summed E-state index contributed by atoms with van der Waals surface area (Å²) < 4.78 is 13.6. The first-order chi connectivity index (χ1) is 13.6. The molecule has 2 amide bonds. The fourth-order valence-electron chi connectivity index (χ4n) is 3.74. The zero-order valence-electron chi connectivity index (χ0n) is 16.3. The molecule has 1 heterocycles. The average molecular weight is 382 g/mol. The molecule has 0 spiro atoms. The molecule has 1 fully saturated rings. The Kier molecular flexibility index (Phi) is 6.80. The van der Waals surface area contributed by atoms with Gasteiger partial charge in [0.2, 0.25) is 0 Å². The molecular formula is C23H27FN2O2. The van der Waals surface area contributed by atoms with E-state index >= 15 is 0 Å². The zero-order chi connectivity index (χ0) is 19.9. The number of hydrogen-bond acceptors (Lipinski definition) is 2. The van der Waals surface area contributed by atoms with Gasteiger partial charge in [0.1, 0.15) is 5.82 Å². The molecule has 1 N–H and O–H groups in total. The predicted octanol–water partition coefficient (Wildman–Crippen LogP) is 4.20. The number of amides is 2. The minimum Gasteiger partial charge on any atom is -0.352 e. The maximum absolute atomic E-state index is 13.6. The van der Waals surface area contributed by atoms with Crippen molar-refractivity contribution in [3.05, 3.63) is 71.0 Å². The Morgan fingerprint density at radius 3 is 2.50 bits per heavy atom. The van der Waals surface area contributed by atoms with Gasteiger partial charge in [-0.05, 0) is 68.0 Å². The molecule has 0 aromatic heterocycles. The van der Waals surface area contributed by atoms with Gasteiger partial charge in [0.15, 0.2) is 0 Å². The lowest BCUT2D eigenvalue weighted by Crippen LogP contribution is -2.43. The number of piperidine rings is 1. The molecule has 1 atom stereocenters. The maximum Gasteiger partial charge on any atom is 0.254 e. The predicted molar refractivity (Wildman–Crippen MR) is 108 cm³/mol. The molecule has 1 unspecified atom stereocenters. The van der Waals surface area contributed by atoms with Gasteiger partial charge in [0, 0.05) is 30.3 Å². The van der Waals surface area contributed by atoms with Crippen molar-refractivity contribution in [2.45, 2.75) is 45.1 Å². The number of rotatable bonds is 6. The molecule has 0 bridgehead atoms. The number of nitrogens with one attached hydrogen (secondary N) is 1. The van der Waals surface area contributed by atoms with Crippen LogP contribution in [0.5, 0.6) is 0 Å². The van der Waals surface area contributed by atoms with Crippen molar-refractivity contribution in [2.75, 3.05) is 13.1 Å². The van der Waals surface area contributed by atoms with E-state index in [0.29, 0.717) is 35.7 Å². The van der Waals surface area contributed by atoms with E-state index in [2.05, 4.69) is 12.2 Å². The molecule has 1 saturated heterocycles. The van der Waals surface area contributed by atoms with Crippen LogP contribution in [0.2, 0.25) is 0 Å². The quantitative estimate of drug-likeness (QED) is 0.814. The van der Waals surface area contributed by atoms with Crippen molar-refractivity contribution in [1.82, 2.24) is 10.2 Å². The summed E-state index contributed by atoms with van der Waals surface area (Å²) in [7, 11) is 0. The van der Waals surface area contributed by atoms with Gasteiger partial charge < -0.3 is 10.2 Å². The maximum atomic E-state index is 13.6. The molecule has 2 aromatic carbocycles. The third-order valence-corrected chi connectivity index (χ3v) is 5.39. The normalized spacial score (nSPS) is 16.6. The Hall–Kier alpha value is -2.69. The average Bonchev–Trinajstić information content (AvgIpc) is 2.74. The molecule has 1 aliphatic heterocycles. The van der Waals surface area contributed by atoms with E-state index in [1.165, 1.54) is 12.5 Å². The molecule has 28 heavy (non-hydrogen) atoms. The minimum absolute atomic E-state index is 0.0399. The largest absolute Gasteiger partial charge is 0.352 e. The van der Waals surface area contributed by atoms with Crippen molar-refractivity contribution in [3.8, 4) is 0 Å². The van der Waals surface area contributed by atoms with Crippen LogP contribution in [-0.4, -0.2) is 35.8 Å². The van der Waals surface area contributed by atoms with Gasteiger partial charge in [0.05, 0.1) is 0 Å². The topological polar surface area (TPSA) is 49.4 Å². The van der Waals surface area contributed by atoms with E-state index in [1.807, 2.05) is 4.90 Å². The Bertz CT molecular complexity index is 820. The summed E-state index contributed by atoms with van der Waals surface area (Å²) in [4.78, 5) is 27.1. The van der Waals surface area contributed by atoms with Gasteiger partial charge in [-0.3, -0.25) is 9.59 Å². The molecule has 5 heteroatoms. The van der Waals surface area contributed by atoms with Crippen LogP contribution in [0, 0.1) is 5.82 Å². The highest BCUT2D eigenvalue weighted by Gasteiger charge is 2.26. The van der Waals surface area contributed by atoms with Gasteiger partial charge in [-0.25, -0.2) is 4.39 Å². The zero-order valence-corrected chi connectivity index (χ0v) is 16.3. The molecule has 0 saturated carbocycles. The molecule has 0 aliphatic carbocycles. The molecule has 148 valence electrons. The van der Waals surface area contributed by atoms with E-state index in [9.17, 15) is 14.0 Å². The first-order valence-electron chi connectivity index (χ1n) is 10.0. The van der Waals surface area contributed by atoms with E-state index in [1.54, 1.807) is 42.5 Å². The van der Waals surface area contributed by atoms with Gasteiger partial charge >= 0.3 is 0 Å². The van der Waals surface area contributed by atoms with Crippen LogP contribution in [0.4, 0.5) is 4.39 Å². The van der Waals surface area contributed by atoms with Crippen LogP contribution in [0.1, 0.15) is 58.9 Å². The van der Waals surface area contributed by atoms with Crippen LogP contribution in [0.25, 0.3) is 0 Å². The number of carbonyl (C=O) groups is 2. The smallest absolute Gasteiger partial charge is 0.254 e. The molecule has 1 aliphatic rings. The minimum atomic E-state index is -0.261. The summed E-state index contributed by atoms with van der Waals surface area (Å²) in [6.07, 6.45) is 4.68. The lowest BCUT2D eigenvalue weighted by atomic mass is 9.98. The highest BCUT2D eigenvalue weighted by atomic mass is 19.1. The van der Waals surface area contributed by atoms with E-state index in [0.717, 1.165) is 25.8 Å². The van der Waals surface area contributed by atoms with Crippen molar-refractivity contribution >= 4 is 11.8 Å². The SMILES string of the molecule is CCC1CCCCN1C(=O)c1ccc(C(=O)NCCc2ccccc2F)cc1. The summed E-state index contributed by atoms with van der Waals surface area (Å²) in [6.45, 7) is 3.27. The van der Waals surface area contributed by atoms with Gasteiger partial charge in [-0.2, -0.15) is 0 Å². The number of nitrogens with zero attached hydrogens (tertiary/aromatic N) is 1. The summed E-state index contributed by atoms with van der Waals surface area (Å²) in [5.74, 6) is -0.444. The third kappa shape index (κ3) is 4.77. The summed E-state index contributed by atoms with van der Waals surface area (Å²) in [5, 5.41) is 2.80. The molecule has 4 nitrogen and oxygen atoms in total. The van der Waals surface area contributed by atoms with Gasteiger partial charge in [0.25, 0.3) is 11.8 Å². The number of halogens is 1. The van der Waals surface area contributed by atoms with Crippen LogP contribution >= 0.6 is 0 Å². The van der Waals surface area contributed by atoms with Gasteiger partial charge in [-0.15, -0.1) is 0 Å². The van der Waals surface area contributed by atoms with Crippen molar-refractivity contribution in [3.63, 3.8) is 0 Å². The molecular weight excluding hydrogens is 355 g/mol. The van der Waals surface area contributed by atoms with E-state index < -0.39 is 0 Å². The van der Waals surface area contributed by atoms with Crippen molar-refractivity contribution in [2.24, 2.45) is 0 Å². The second-order valence-corrected chi connectivity index (χ2v) is 7.23. The highest BCUT2D eigenvalue weighted by molar-refractivity contribution is 5.98. The third-order valence-electron chi connectivity index (χ3n) is 5.39. The highest BCUT2D eigenvalue weighted by Crippen LogP contribution is 2.22. The Labute approximate surface area is 165 Å². The fourth-order valence-corrected chi connectivity index (χ4v) is 3.74. The van der Waals surface area contributed by atoms with Crippen LogP contribution < -0.4 is 5.32 Å². The number of benzene rings is 2. The summed E-state index contributed by atoms with van der Waals surface area (Å²) in [5.41, 5.74) is 1.69. The summed E-state index contributed by atoms with van der Waals surface area (Å²) in [6, 6.07) is 13.7.